The van der Waals surface area contributed by atoms with Gasteiger partial charge in [-0.25, -0.2) is 0 Å². The maximum atomic E-state index is 12.7. The number of carbonyl (C=O) groups excluding carboxylic acids is 1. The summed E-state index contributed by atoms with van der Waals surface area (Å²) in [7, 11) is 1.51. The number of pyridine rings is 1. The van der Waals surface area contributed by atoms with E-state index in [9.17, 15) is 9.59 Å². The molecule has 0 bridgehead atoms. The topological polar surface area (TPSA) is 102 Å². The highest BCUT2D eigenvalue weighted by Gasteiger charge is 2.24. The Morgan fingerprint density at radius 3 is 2.37 bits per heavy atom. The van der Waals surface area contributed by atoms with Gasteiger partial charge < -0.3 is 24.7 Å². The molecular weight excluding hydrogens is 495 g/mol. The van der Waals surface area contributed by atoms with E-state index in [2.05, 4.69) is 0 Å². The fourth-order valence-corrected chi connectivity index (χ4v) is 3.20. The summed E-state index contributed by atoms with van der Waals surface area (Å²) in [6, 6.07) is 15.5. The minimum Gasteiger partial charge on any atom is -0.493 e. The predicted octanol–water partition coefficient (Wildman–Crippen LogP) is 4.16. The second kappa shape index (κ2) is 12.5. The van der Waals surface area contributed by atoms with Gasteiger partial charge >= 0.3 is 5.97 Å². The van der Waals surface area contributed by atoms with E-state index in [1.54, 1.807) is 62.5 Å². The molecule has 0 saturated heterocycles. The summed E-state index contributed by atoms with van der Waals surface area (Å²) in [6.45, 7) is 3.58. The zero-order valence-electron chi connectivity index (χ0n) is 19.7. The first-order chi connectivity index (χ1) is 16.2. The van der Waals surface area contributed by atoms with E-state index in [0.29, 0.717) is 28.0 Å². The number of carbonyl (C=O) groups is 1. The smallest absolute Gasteiger partial charge is 0.320 e. The van der Waals surface area contributed by atoms with Crippen LogP contribution >= 0.6 is 24.0 Å². The summed E-state index contributed by atoms with van der Waals surface area (Å²) in [6.07, 6.45) is 1.67. The van der Waals surface area contributed by atoms with Gasteiger partial charge in [0.05, 0.1) is 19.3 Å². The number of hydrogen-bond acceptors (Lipinski definition) is 7. The standard InChI is InChI=1S/C25H27ClN2O6.ClH/c1-25(2,34-24(30)14-27)16-33-21-9-6-19(13-22(21)31-3)28-11-10-17(12-23(28)29)15-32-20-7-4-18(26)5-8-20;/h4-13H,14-16,27H2,1-3H3;1H. The minimum atomic E-state index is -0.874. The SMILES string of the molecule is COc1cc(-n2ccc(COc3ccc(Cl)cc3)cc2=O)ccc1OCC(C)(C)OC(=O)CN.Cl. The van der Waals surface area contributed by atoms with Crippen molar-refractivity contribution in [3.8, 4) is 22.9 Å². The zero-order chi connectivity index (χ0) is 24.7. The van der Waals surface area contributed by atoms with Gasteiger partial charge in [0.15, 0.2) is 11.5 Å². The number of rotatable bonds is 10. The lowest BCUT2D eigenvalue weighted by molar-refractivity contribution is -0.157. The third-order valence-electron chi connectivity index (χ3n) is 4.76. The van der Waals surface area contributed by atoms with Crippen molar-refractivity contribution in [1.82, 2.24) is 4.57 Å². The Morgan fingerprint density at radius 2 is 1.74 bits per heavy atom. The first-order valence-electron chi connectivity index (χ1n) is 10.5. The quantitative estimate of drug-likeness (QED) is 0.398. The van der Waals surface area contributed by atoms with Crippen molar-refractivity contribution in [2.45, 2.75) is 26.1 Å². The molecule has 0 fully saturated rings. The van der Waals surface area contributed by atoms with Gasteiger partial charge in [0, 0.05) is 23.4 Å². The molecule has 8 nitrogen and oxygen atoms in total. The van der Waals surface area contributed by atoms with Crippen LogP contribution in [-0.4, -0.2) is 36.4 Å². The molecule has 0 atom stereocenters. The molecule has 1 heterocycles. The lowest BCUT2D eigenvalue weighted by Crippen LogP contribution is -2.37. The van der Waals surface area contributed by atoms with Crippen molar-refractivity contribution in [2.24, 2.45) is 5.73 Å². The van der Waals surface area contributed by atoms with Crippen LogP contribution < -0.4 is 25.5 Å². The molecule has 0 aliphatic rings. The van der Waals surface area contributed by atoms with Crippen LogP contribution in [0.1, 0.15) is 19.4 Å². The molecular formula is C25H28Cl2N2O6. The van der Waals surface area contributed by atoms with Crippen molar-refractivity contribution in [3.63, 3.8) is 0 Å². The Morgan fingerprint density at radius 1 is 1.03 bits per heavy atom. The van der Waals surface area contributed by atoms with Crippen LogP contribution in [0.2, 0.25) is 5.02 Å². The zero-order valence-corrected chi connectivity index (χ0v) is 21.2. The molecule has 3 aromatic rings. The second-order valence-electron chi connectivity index (χ2n) is 8.05. The fourth-order valence-electron chi connectivity index (χ4n) is 3.08. The highest BCUT2D eigenvalue weighted by atomic mass is 35.5. The number of methoxy groups -OCH3 is 1. The fraction of sp³-hybridized carbons (Fsp3) is 0.280. The van der Waals surface area contributed by atoms with Gasteiger partial charge in [-0.2, -0.15) is 0 Å². The molecule has 0 aliphatic heterocycles. The third kappa shape index (κ3) is 7.92. The molecule has 1 aromatic heterocycles. The van der Waals surface area contributed by atoms with E-state index >= 15 is 0 Å². The molecule has 2 N–H and O–H groups in total. The van der Waals surface area contributed by atoms with Crippen molar-refractivity contribution in [1.29, 1.82) is 0 Å². The Hall–Kier alpha value is -3.20. The van der Waals surface area contributed by atoms with Crippen LogP contribution in [0.25, 0.3) is 5.69 Å². The Balaban J connectivity index is 0.00000432. The van der Waals surface area contributed by atoms with Gasteiger partial charge in [0.25, 0.3) is 5.56 Å². The van der Waals surface area contributed by atoms with Gasteiger partial charge in [-0.15, -0.1) is 12.4 Å². The number of benzene rings is 2. The summed E-state index contributed by atoms with van der Waals surface area (Å²) in [5, 5.41) is 0.625. The number of nitrogens with two attached hydrogens (primary N) is 1. The first-order valence-corrected chi connectivity index (χ1v) is 10.9. The number of nitrogens with zero attached hydrogens (tertiary/aromatic N) is 1. The Kier molecular flexibility index (Phi) is 10.0. The van der Waals surface area contributed by atoms with E-state index in [1.165, 1.54) is 17.7 Å². The molecule has 0 unspecified atom stereocenters. The Labute approximate surface area is 214 Å². The van der Waals surface area contributed by atoms with Crippen molar-refractivity contribution in [2.75, 3.05) is 20.3 Å². The van der Waals surface area contributed by atoms with Gasteiger partial charge in [-0.1, -0.05) is 11.6 Å². The number of halogens is 2. The monoisotopic (exact) mass is 522 g/mol. The molecule has 0 spiro atoms. The number of hydrogen-bond donors (Lipinski definition) is 1. The maximum Gasteiger partial charge on any atom is 0.320 e. The van der Waals surface area contributed by atoms with Crippen LogP contribution in [0.5, 0.6) is 17.2 Å². The summed E-state index contributed by atoms with van der Waals surface area (Å²) >= 11 is 5.88. The van der Waals surface area contributed by atoms with Crippen LogP contribution in [0.3, 0.4) is 0 Å². The largest absolute Gasteiger partial charge is 0.493 e. The van der Waals surface area contributed by atoms with E-state index in [0.717, 1.165) is 5.56 Å². The van der Waals surface area contributed by atoms with E-state index in [-0.39, 0.29) is 37.7 Å². The average molecular weight is 523 g/mol. The van der Waals surface area contributed by atoms with Crippen LogP contribution in [-0.2, 0) is 16.1 Å². The predicted molar refractivity (Wildman–Crippen MR) is 136 cm³/mol. The second-order valence-corrected chi connectivity index (χ2v) is 8.48. The Bertz CT molecular complexity index is 1200. The number of ether oxygens (including phenoxy) is 4. The van der Waals surface area contributed by atoms with Gasteiger partial charge in [-0.3, -0.25) is 14.2 Å². The van der Waals surface area contributed by atoms with E-state index in [4.69, 9.17) is 36.3 Å². The van der Waals surface area contributed by atoms with Gasteiger partial charge in [0.1, 0.15) is 24.6 Å². The van der Waals surface area contributed by atoms with Crippen molar-refractivity contribution >= 4 is 30.0 Å². The number of aromatic nitrogens is 1. The molecule has 0 saturated carbocycles. The lowest BCUT2D eigenvalue weighted by atomic mass is 10.1. The van der Waals surface area contributed by atoms with Crippen molar-refractivity contribution < 1.29 is 23.7 Å². The molecule has 35 heavy (non-hydrogen) atoms. The minimum absolute atomic E-state index is 0. The first kappa shape index (κ1) is 28.0. The normalized spacial score (nSPS) is 10.8. The number of esters is 1. The summed E-state index contributed by atoms with van der Waals surface area (Å²) in [5.74, 6) is 1.02. The van der Waals surface area contributed by atoms with Crippen LogP contribution in [0.4, 0.5) is 0 Å². The highest BCUT2D eigenvalue weighted by Crippen LogP contribution is 2.30. The van der Waals surface area contributed by atoms with Crippen molar-refractivity contribution in [3.05, 3.63) is 81.7 Å². The molecule has 3 rings (SSSR count). The summed E-state index contributed by atoms with van der Waals surface area (Å²) in [5.41, 5.74) is 5.54. The van der Waals surface area contributed by atoms with Crippen LogP contribution in [0, 0.1) is 0 Å². The van der Waals surface area contributed by atoms with E-state index in [1.807, 2.05) is 6.07 Å². The molecule has 0 radical (unpaired) electrons. The molecule has 2 aromatic carbocycles. The maximum absolute atomic E-state index is 12.7. The average Bonchev–Trinajstić information content (AvgIpc) is 2.82. The highest BCUT2D eigenvalue weighted by molar-refractivity contribution is 6.30. The molecule has 0 aliphatic carbocycles. The molecule has 188 valence electrons. The molecule has 10 heteroatoms. The van der Waals surface area contributed by atoms with E-state index < -0.39 is 11.6 Å². The summed E-state index contributed by atoms with van der Waals surface area (Å²) in [4.78, 5) is 24.2. The van der Waals surface area contributed by atoms with Crippen LogP contribution in [0.15, 0.2) is 65.6 Å². The third-order valence-corrected chi connectivity index (χ3v) is 5.01. The van der Waals surface area contributed by atoms with Gasteiger partial charge in [-0.05, 0) is 61.9 Å². The van der Waals surface area contributed by atoms with Gasteiger partial charge in [0.2, 0.25) is 0 Å². The molecule has 0 amide bonds. The summed E-state index contributed by atoms with van der Waals surface area (Å²) < 4.78 is 23.7. The lowest BCUT2D eigenvalue weighted by Gasteiger charge is -2.25.